The van der Waals surface area contributed by atoms with Gasteiger partial charge >= 0.3 is 6.03 Å². The molecule has 2 aliphatic rings. The van der Waals surface area contributed by atoms with Crippen molar-refractivity contribution in [3.05, 3.63) is 39.3 Å². The quantitative estimate of drug-likeness (QED) is 0.770. The Kier molecular flexibility index (Phi) is 6.01. The second-order valence-electron chi connectivity index (χ2n) is 7.39. The lowest BCUT2D eigenvalue weighted by Crippen LogP contribution is -2.48. The maximum atomic E-state index is 12.3. The predicted molar refractivity (Wildman–Crippen MR) is 109 cm³/mol. The summed E-state index contributed by atoms with van der Waals surface area (Å²) >= 11 is 1.40. The highest BCUT2D eigenvalue weighted by atomic mass is 32.1. The van der Waals surface area contributed by atoms with Crippen molar-refractivity contribution in [2.75, 3.05) is 25.0 Å². The Morgan fingerprint density at radius 1 is 1.25 bits per heavy atom. The number of nitrogens with zero attached hydrogens (tertiary/aromatic N) is 4. The minimum Gasteiger partial charge on any atom is -0.336 e. The fraction of sp³-hybridized carbons (Fsp3) is 0.579. The smallest absolute Gasteiger partial charge is 0.321 e. The molecule has 2 amide bonds. The fourth-order valence-corrected chi connectivity index (χ4v) is 4.57. The largest absolute Gasteiger partial charge is 0.336 e. The third-order valence-corrected chi connectivity index (χ3v) is 6.21. The molecule has 3 heterocycles. The number of likely N-dealkylation sites (tertiary alicyclic amines) is 1. The van der Waals surface area contributed by atoms with Crippen molar-refractivity contribution in [3.8, 4) is 0 Å². The third kappa shape index (κ3) is 4.59. The van der Waals surface area contributed by atoms with Gasteiger partial charge in [0, 0.05) is 36.8 Å². The van der Waals surface area contributed by atoms with Crippen molar-refractivity contribution in [2.24, 2.45) is 0 Å². The summed E-state index contributed by atoms with van der Waals surface area (Å²) in [5.41, 5.74) is 2.19. The van der Waals surface area contributed by atoms with Crippen LogP contribution in [0.15, 0.2) is 22.4 Å². The first-order valence-electron chi connectivity index (χ1n) is 9.97. The van der Waals surface area contributed by atoms with Crippen LogP contribution in [-0.2, 0) is 19.4 Å². The molecule has 28 heavy (non-hydrogen) atoms. The van der Waals surface area contributed by atoms with Crippen molar-refractivity contribution in [3.63, 3.8) is 0 Å². The number of nitrogens with one attached hydrogen (secondary N) is 2. The monoisotopic (exact) mass is 402 g/mol. The standard InChI is InChI=1S/C19H26N6O2S/c26-17-12-14-4-3-6-16(14)23-25(17)10-9-24-8-2-1-5-15(24)13-21-18(27)22-19-20-7-11-28-19/h7,11-12,15H,1-6,8-10,13H2,(H2,20,21,22,27). The molecule has 2 N–H and O–H groups in total. The summed E-state index contributed by atoms with van der Waals surface area (Å²) in [6, 6.07) is 1.81. The van der Waals surface area contributed by atoms with Crippen LogP contribution in [0.3, 0.4) is 0 Å². The molecule has 0 aromatic carbocycles. The number of fused-ring (bicyclic) bond motifs is 1. The number of piperidine rings is 1. The normalized spacial score (nSPS) is 19.4. The van der Waals surface area contributed by atoms with Gasteiger partial charge < -0.3 is 5.32 Å². The summed E-state index contributed by atoms with van der Waals surface area (Å²) in [6.45, 7) is 2.93. The summed E-state index contributed by atoms with van der Waals surface area (Å²) in [5, 5.41) is 12.7. The van der Waals surface area contributed by atoms with Gasteiger partial charge in [0.05, 0.1) is 12.2 Å². The molecule has 1 atom stereocenters. The van der Waals surface area contributed by atoms with E-state index in [-0.39, 0.29) is 17.6 Å². The number of hydrogen-bond acceptors (Lipinski definition) is 6. The van der Waals surface area contributed by atoms with Crippen molar-refractivity contribution in [1.82, 2.24) is 25.0 Å². The van der Waals surface area contributed by atoms with Crippen molar-refractivity contribution in [2.45, 2.75) is 51.1 Å². The molecule has 0 saturated carbocycles. The fourth-order valence-electron chi connectivity index (χ4n) is 4.05. The molecule has 1 saturated heterocycles. The van der Waals surface area contributed by atoms with E-state index in [1.807, 2.05) is 5.38 Å². The molecule has 150 valence electrons. The zero-order chi connectivity index (χ0) is 19.3. The summed E-state index contributed by atoms with van der Waals surface area (Å²) in [6.07, 6.45) is 8.06. The maximum Gasteiger partial charge on any atom is 0.321 e. The zero-order valence-corrected chi connectivity index (χ0v) is 16.7. The molecule has 1 unspecified atom stereocenters. The van der Waals surface area contributed by atoms with Gasteiger partial charge in [-0.1, -0.05) is 6.42 Å². The minimum absolute atomic E-state index is 0.00448. The molecular formula is C19H26N6O2S. The second-order valence-corrected chi connectivity index (χ2v) is 8.28. The molecule has 4 rings (SSSR count). The number of anilines is 1. The van der Waals surface area contributed by atoms with Crippen LogP contribution in [0.5, 0.6) is 0 Å². The lowest BCUT2D eigenvalue weighted by Gasteiger charge is -2.35. The number of carbonyl (C=O) groups excluding carboxylic acids is 1. The first kappa shape index (κ1) is 19.1. The Morgan fingerprint density at radius 3 is 3.04 bits per heavy atom. The van der Waals surface area contributed by atoms with E-state index in [1.54, 1.807) is 16.9 Å². The van der Waals surface area contributed by atoms with Gasteiger partial charge in [-0.25, -0.2) is 14.5 Å². The lowest BCUT2D eigenvalue weighted by atomic mass is 10.0. The van der Waals surface area contributed by atoms with Gasteiger partial charge in [0.25, 0.3) is 5.56 Å². The number of urea groups is 1. The highest BCUT2D eigenvalue weighted by Gasteiger charge is 2.23. The Bertz CT molecular complexity index is 866. The summed E-state index contributed by atoms with van der Waals surface area (Å²) in [5.74, 6) is 0. The third-order valence-electron chi connectivity index (χ3n) is 5.52. The van der Waals surface area contributed by atoms with Gasteiger partial charge in [-0.2, -0.15) is 5.10 Å². The van der Waals surface area contributed by atoms with Crippen LogP contribution in [0.2, 0.25) is 0 Å². The first-order chi connectivity index (χ1) is 13.7. The van der Waals surface area contributed by atoms with Crippen molar-refractivity contribution >= 4 is 22.5 Å². The highest BCUT2D eigenvalue weighted by molar-refractivity contribution is 7.13. The number of thiazole rings is 1. The van der Waals surface area contributed by atoms with E-state index in [0.29, 0.717) is 18.2 Å². The predicted octanol–water partition coefficient (Wildman–Crippen LogP) is 1.86. The van der Waals surface area contributed by atoms with Crippen LogP contribution in [0.1, 0.15) is 36.9 Å². The second kappa shape index (κ2) is 8.83. The SMILES string of the molecule is O=C(NCC1CCCCN1CCn1nc2c(cc1=O)CCC2)Nc1nccs1. The molecule has 1 aliphatic heterocycles. The molecule has 0 bridgehead atoms. The Morgan fingerprint density at radius 2 is 2.18 bits per heavy atom. The molecule has 0 spiro atoms. The number of carbonyl (C=O) groups is 1. The topological polar surface area (TPSA) is 92.2 Å². The van der Waals surface area contributed by atoms with Gasteiger partial charge in [-0.05, 0) is 44.2 Å². The van der Waals surface area contributed by atoms with E-state index in [9.17, 15) is 9.59 Å². The number of hydrogen-bond donors (Lipinski definition) is 2. The Balaban J connectivity index is 1.31. The molecule has 2 aromatic heterocycles. The molecule has 1 aliphatic carbocycles. The number of aryl methyl sites for hydroxylation is 2. The lowest BCUT2D eigenvalue weighted by molar-refractivity contribution is 0.139. The van der Waals surface area contributed by atoms with Crippen molar-refractivity contribution < 1.29 is 4.79 Å². The van der Waals surface area contributed by atoms with Gasteiger partial charge in [0.15, 0.2) is 5.13 Å². The van der Waals surface area contributed by atoms with Crippen LogP contribution < -0.4 is 16.2 Å². The molecule has 9 heteroatoms. The maximum absolute atomic E-state index is 12.3. The molecule has 1 fully saturated rings. The van der Waals surface area contributed by atoms with E-state index in [0.717, 1.165) is 62.9 Å². The molecular weight excluding hydrogens is 376 g/mol. The zero-order valence-electron chi connectivity index (χ0n) is 15.9. The van der Waals surface area contributed by atoms with E-state index in [4.69, 9.17) is 0 Å². The van der Waals surface area contributed by atoms with Crippen LogP contribution in [0.25, 0.3) is 0 Å². The van der Waals surface area contributed by atoms with E-state index in [1.165, 1.54) is 11.3 Å². The molecule has 2 aromatic rings. The first-order valence-corrected chi connectivity index (χ1v) is 10.9. The van der Waals surface area contributed by atoms with Crippen LogP contribution in [0, 0.1) is 0 Å². The van der Waals surface area contributed by atoms with Crippen LogP contribution in [0.4, 0.5) is 9.93 Å². The summed E-state index contributed by atoms with van der Waals surface area (Å²) in [7, 11) is 0. The number of rotatable bonds is 6. The minimum atomic E-state index is -0.225. The van der Waals surface area contributed by atoms with Crippen LogP contribution in [-0.4, -0.2) is 51.4 Å². The molecule has 0 radical (unpaired) electrons. The van der Waals surface area contributed by atoms with Gasteiger partial charge in [-0.15, -0.1) is 11.3 Å². The van der Waals surface area contributed by atoms with Crippen LogP contribution >= 0.6 is 11.3 Å². The Hall–Kier alpha value is -2.26. The molecule has 8 nitrogen and oxygen atoms in total. The van der Waals surface area contributed by atoms with E-state index >= 15 is 0 Å². The number of amides is 2. The summed E-state index contributed by atoms with van der Waals surface area (Å²) < 4.78 is 1.61. The van der Waals surface area contributed by atoms with Crippen molar-refractivity contribution in [1.29, 1.82) is 0 Å². The number of aromatic nitrogens is 3. The van der Waals surface area contributed by atoms with E-state index < -0.39 is 0 Å². The van der Waals surface area contributed by atoms with Gasteiger partial charge in [0.2, 0.25) is 0 Å². The average Bonchev–Trinajstić information content (AvgIpc) is 3.36. The summed E-state index contributed by atoms with van der Waals surface area (Å²) in [4.78, 5) is 30.8. The van der Waals surface area contributed by atoms with Gasteiger partial charge in [0.1, 0.15) is 0 Å². The highest BCUT2D eigenvalue weighted by Crippen LogP contribution is 2.18. The van der Waals surface area contributed by atoms with E-state index in [2.05, 4.69) is 25.6 Å². The van der Waals surface area contributed by atoms with Gasteiger partial charge in [-0.3, -0.25) is 15.0 Å². The Labute approximate surface area is 168 Å². The average molecular weight is 403 g/mol.